The Bertz CT molecular complexity index is 825. The number of non-ortho nitro benzene ring substituents is 1. The second kappa shape index (κ2) is 6.57. The Morgan fingerprint density at radius 1 is 1.09 bits per heavy atom. The van der Waals surface area contributed by atoms with Crippen molar-refractivity contribution >= 4 is 21.5 Å². The summed E-state index contributed by atoms with van der Waals surface area (Å²) in [5.41, 5.74) is 0.785. The third kappa shape index (κ3) is 4.36. The highest BCUT2D eigenvalue weighted by atomic mass is 32.2. The molecule has 7 nitrogen and oxygen atoms in total. The van der Waals surface area contributed by atoms with Gasteiger partial charge in [0.2, 0.25) is 0 Å². The zero-order chi connectivity index (χ0) is 17.0. The minimum Gasteiger partial charge on any atom is -0.457 e. The number of carbonyl (C=O) groups excluding carboxylic acids is 1. The predicted octanol–water partition coefficient (Wildman–Crippen LogP) is 2.36. The number of hydrogen-bond donors (Lipinski definition) is 0. The fourth-order valence-electron chi connectivity index (χ4n) is 1.78. The first-order valence-electron chi connectivity index (χ1n) is 6.48. The van der Waals surface area contributed by atoms with Gasteiger partial charge in [-0.1, -0.05) is 0 Å². The minimum atomic E-state index is -3.32. The Hall–Kier alpha value is -2.74. The second-order valence-electron chi connectivity index (χ2n) is 4.80. The number of ether oxygens (including phenoxy) is 1. The summed E-state index contributed by atoms with van der Waals surface area (Å²) in [7, 11) is -3.32. The van der Waals surface area contributed by atoms with Crippen molar-refractivity contribution in [2.75, 3.05) is 6.26 Å². The molecule has 0 aliphatic heterocycles. The van der Waals surface area contributed by atoms with Gasteiger partial charge in [-0.25, -0.2) is 13.2 Å². The first kappa shape index (κ1) is 16.6. The van der Waals surface area contributed by atoms with E-state index in [0.29, 0.717) is 5.56 Å². The van der Waals surface area contributed by atoms with Crippen LogP contribution in [0.15, 0.2) is 53.4 Å². The fraction of sp³-hybridized carbons (Fsp3) is 0.133. The monoisotopic (exact) mass is 335 g/mol. The largest absolute Gasteiger partial charge is 0.457 e. The van der Waals surface area contributed by atoms with E-state index in [2.05, 4.69) is 0 Å². The van der Waals surface area contributed by atoms with E-state index in [1.807, 2.05) is 0 Å². The van der Waals surface area contributed by atoms with Crippen molar-refractivity contribution in [3.63, 3.8) is 0 Å². The Morgan fingerprint density at radius 2 is 1.65 bits per heavy atom. The molecular weight excluding hydrogens is 322 g/mol. The summed E-state index contributed by atoms with van der Waals surface area (Å²) >= 11 is 0. The van der Waals surface area contributed by atoms with Crippen molar-refractivity contribution in [3.8, 4) is 0 Å². The van der Waals surface area contributed by atoms with Gasteiger partial charge < -0.3 is 4.74 Å². The van der Waals surface area contributed by atoms with Gasteiger partial charge in [-0.15, -0.1) is 0 Å². The van der Waals surface area contributed by atoms with E-state index in [4.69, 9.17) is 4.74 Å². The van der Waals surface area contributed by atoms with Gasteiger partial charge in [-0.05, 0) is 42.0 Å². The lowest BCUT2D eigenvalue weighted by Gasteiger charge is -2.05. The van der Waals surface area contributed by atoms with Crippen LogP contribution in [0.2, 0.25) is 0 Å². The summed E-state index contributed by atoms with van der Waals surface area (Å²) in [6, 6.07) is 11.0. The van der Waals surface area contributed by atoms with Crippen LogP contribution in [-0.4, -0.2) is 25.6 Å². The molecule has 0 spiro atoms. The zero-order valence-corrected chi connectivity index (χ0v) is 12.9. The maximum Gasteiger partial charge on any atom is 0.338 e. The summed E-state index contributed by atoms with van der Waals surface area (Å²) < 4.78 is 27.8. The molecule has 2 rings (SSSR count). The summed E-state index contributed by atoms with van der Waals surface area (Å²) in [6.45, 7) is -0.0370. The van der Waals surface area contributed by atoms with E-state index in [0.717, 1.165) is 6.26 Å². The first-order valence-corrected chi connectivity index (χ1v) is 8.37. The summed E-state index contributed by atoms with van der Waals surface area (Å²) in [5.74, 6) is -0.608. The molecule has 0 radical (unpaired) electrons. The molecule has 120 valence electrons. The Kier molecular flexibility index (Phi) is 4.75. The van der Waals surface area contributed by atoms with Gasteiger partial charge >= 0.3 is 5.97 Å². The molecule has 0 aromatic heterocycles. The number of carbonyl (C=O) groups is 1. The van der Waals surface area contributed by atoms with Crippen LogP contribution >= 0.6 is 0 Å². The van der Waals surface area contributed by atoms with Gasteiger partial charge in [0.05, 0.1) is 15.4 Å². The van der Waals surface area contributed by atoms with E-state index in [1.54, 1.807) is 0 Å². The van der Waals surface area contributed by atoms with Crippen molar-refractivity contribution in [1.29, 1.82) is 0 Å². The highest BCUT2D eigenvalue weighted by molar-refractivity contribution is 7.90. The molecule has 0 amide bonds. The molecule has 2 aromatic carbocycles. The van der Waals surface area contributed by atoms with E-state index in [1.165, 1.54) is 48.5 Å². The SMILES string of the molecule is CS(=O)(=O)c1ccc(C(=O)OCc2ccc([N+](=O)[O-])cc2)cc1. The van der Waals surface area contributed by atoms with Crippen LogP contribution in [-0.2, 0) is 21.2 Å². The maximum atomic E-state index is 11.9. The van der Waals surface area contributed by atoms with Crippen molar-refractivity contribution in [2.24, 2.45) is 0 Å². The number of nitro groups is 1. The Balaban J connectivity index is 2.00. The maximum absolute atomic E-state index is 11.9. The standard InChI is InChI=1S/C15H13NO6S/c1-23(20,21)14-8-4-12(5-9-14)15(17)22-10-11-2-6-13(7-3-11)16(18)19/h2-9H,10H2,1H3. The third-order valence-corrected chi connectivity index (χ3v) is 4.16. The average molecular weight is 335 g/mol. The van der Waals surface area contributed by atoms with Gasteiger partial charge in [0.1, 0.15) is 6.61 Å². The van der Waals surface area contributed by atoms with Crippen LogP contribution in [0.4, 0.5) is 5.69 Å². The molecule has 0 N–H and O–H groups in total. The van der Waals surface area contributed by atoms with Crippen molar-refractivity contribution < 1.29 is 22.9 Å². The molecular formula is C15H13NO6S. The van der Waals surface area contributed by atoms with Crippen LogP contribution in [0, 0.1) is 10.1 Å². The van der Waals surface area contributed by atoms with Crippen molar-refractivity contribution in [3.05, 3.63) is 69.8 Å². The minimum absolute atomic E-state index is 0.0370. The van der Waals surface area contributed by atoms with Crippen LogP contribution < -0.4 is 0 Å². The molecule has 0 aliphatic carbocycles. The Morgan fingerprint density at radius 3 is 2.13 bits per heavy atom. The lowest BCUT2D eigenvalue weighted by atomic mass is 10.2. The number of hydrogen-bond acceptors (Lipinski definition) is 6. The van der Waals surface area contributed by atoms with Gasteiger partial charge in [0.25, 0.3) is 5.69 Å². The topological polar surface area (TPSA) is 104 Å². The van der Waals surface area contributed by atoms with Crippen molar-refractivity contribution in [2.45, 2.75) is 11.5 Å². The summed E-state index contributed by atoms with van der Waals surface area (Å²) in [4.78, 5) is 22.0. The molecule has 2 aromatic rings. The molecule has 0 unspecified atom stereocenters. The number of benzene rings is 2. The third-order valence-electron chi connectivity index (χ3n) is 3.04. The molecule has 8 heteroatoms. The van der Waals surface area contributed by atoms with Crippen LogP contribution in [0.5, 0.6) is 0 Å². The molecule has 0 heterocycles. The summed E-state index contributed by atoms with van der Waals surface area (Å²) in [5, 5.41) is 10.5. The van der Waals surface area contributed by atoms with Crippen LogP contribution in [0.1, 0.15) is 15.9 Å². The van der Waals surface area contributed by atoms with Crippen LogP contribution in [0.25, 0.3) is 0 Å². The second-order valence-corrected chi connectivity index (χ2v) is 6.81. The predicted molar refractivity (Wildman–Crippen MR) is 81.8 cm³/mol. The first-order chi connectivity index (χ1) is 10.8. The number of nitrogens with zero attached hydrogens (tertiary/aromatic N) is 1. The smallest absolute Gasteiger partial charge is 0.338 e. The van der Waals surface area contributed by atoms with E-state index < -0.39 is 20.7 Å². The quantitative estimate of drug-likeness (QED) is 0.472. The number of rotatable bonds is 5. The van der Waals surface area contributed by atoms with Gasteiger partial charge in [0.15, 0.2) is 9.84 Å². The van der Waals surface area contributed by atoms with Gasteiger partial charge in [0, 0.05) is 18.4 Å². The van der Waals surface area contributed by atoms with E-state index >= 15 is 0 Å². The molecule has 0 atom stereocenters. The van der Waals surface area contributed by atoms with Crippen LogP contribution in [0.3, 0.4) is 0 Å². The van der Waals surface area contributed by atoms with Crippen molar-refractivity contribution in [1.82, 2.24) is 0 Å². The molecule has 0 saturated heterocycles. The van der Waals surface area contributed by atoms with Gasteiger partial charge in [-0.3, -0.25) is 10.1 Å². The number of nitro benzene ring substituents is 1. The lowest BCUT2D eigenvalue weighted by Crippen LogP contribution is -2.06. The highest BCUT2D eigenvalue weighted by Crippen LogP contribution is 2.14. The highest BCUT2D eigenvalue weighted by Gasteiger charge is 2.11. The Labute approximate surface area is 132 Å². The summed E-state index contributed by atoms with van der Waals surface area (Å²) in [6.07, 6.45) is 1.08. The molecule has 0 fully saturated rings. The fourth-order valence-corrected chi connectivity index (χ4v) is 2.41. The van der Waals surface area contributed by atoms with E-state index in [9.17, 15) is 23.3 Å². The number of sulfone groups is 1. The normalized spacial score (nSPS) is 11.0. The van der Waals surface area contributed by atoms with Gasteiger partial charge in [-0.2, -0.15) is 0 Å². The average Bonchev–Trinajstić information content (AvgIpc) is 2.52. The molecule has 0 aliphatic rings. The molecule has 0 bridgehead atoms. The number of esters is 1. The van der Waals surface area contributed by atoms with E-state index in [-0.39, 0.29) is 22.8 Å². The lowest BCUT2D eigenvalue weighted by molar-refractivity contribution is -0.384. The molecule has 23 heavy (non-hydrogen) atoms. The molecule has 0 saturated carbocycles. The zero-order valence-electron chi connectivity index (χ0n) is 12.1.